The molecule has 23 heavy (non-hydrogen) atoms. The van der Waals surface area contributed by atoms with Crippen LogP contribution in [0.1, 0.15) is 41.7 Å². The number of nitrogens with zero attached hydrogens (tertiary/aromatic N) is 3. The van der Waals surface area contributed by atoms with Crippen molar-refractivity contribution in [2.75, 3.05) is 7.05 Å². The molecule has 1 aromatic heterocycles. The van der Waals surface area contributed by atoms with E-state index in [0.717, 1.165) is 18.4 Å². The molecule has 5 nitrogen and oxygen atoms in total. The molecule has 122 valence electrons. The quantitative estimate of drug-likeness (QED) is 0.852. The Morgan fingerprint density at radius 2 is 2.00 bits per heavy atom. The predicted octanol–water partition coefficient (Wildman–Crippen LogP) is 3.01. The highest BCUT2D eigenvalue weighted by molar-refractivity contribution is 5.93. The molecule has 0 spiro atoms. The van der Waals surface area contributed by atoms with Gasteiger partial charge >= 0.3 is 0 Å². The van der Waals surface area contributed by atoms with Gasteiger partial charge in [0.1, 0.15) is 12.3 Å². The van der Waals surface area contributed by atoms with Crippen molar-refractivity contribution in [2.24, 2.45) is 7.05 Å². The van der Waals surface area contributed by atoms with Crippen LogP contribution in [0.15, 0.2) is 36.4 Å². The Kier molecular flexibility index (Phi) is 4.65. The topological polar surface area (TPSA) is 47.4 Å². The van der Waals surface area contributed by atoms with E-state index in [1.54, 1.807) is 17.8 Å². The lowest BCUT2D eigenvalue weighted by Gasteiger charge is -2.24. The van der Waals surface area contributed by atoms with E-state index in [-0.39, 0.29) is 5.91 Å². The number of amides is 1. The largest absolute Gasteiger partial charge is 0.472 e. The van der Waals surface area contributed by atoms with Crippen molar-refractivity contribution >= 4 is 5.91 Å². The molecule has 1 saturated carbocycles. The fourth-order valence-corrected chi connectivity index (χ4v) is 3.08. The van der Waals surface area contributed by atoms with Gasteiger partial charge in [-0.1, -0.05) is 43.2 Å². The molecule has 0 saturated heterocycles. The van der Waals surface area contributed by atoms with E-state index in [2.05, 4.69) is 5.10 Å². The third-order valence-electron chi connectivity index (χ3n) is 4.50. The van der Waals surface area contributed by atoms with Gasteiger partial charge in [0.25, 0.3) is 5.91 Å². The van der Waals surface area contributed by atoms with Crippen molar-refractivity contribution in [3.63, 3.8) is 0 Å². The first kappa shape index (κ1) is 15.6. The van der Waals surface area contributed by atoms with Crippen molar-refractivity contribution in [2.45, 2.75) is 38.3 Å². The maximum Gasteiger partial charge on any atom is 0.272 e. The number of ether oxygens (including phenoxy) is 1. The number of aryl methyl sites for hydroxylation is 1. The molecule has 1 fully saturated rings. The van der Waals surface area contributed by atoms with Crippen molar-refractivity contribution in [3.8, 4) is 5.88 Å². The Hall–Kier alpha value is -2.30. The molecule has 0 unspecified atom stereocenters. The summed E-state index contributed by atoms with van der Waals surface area (Å²) in [6.45, 7) is 0.448. The first-order chi connectivity index (χ1) is 11.1. The summed E-state index contributed by atoms with van der Waals surface area (Å²) in [5.41, 5.74) is 1.65. The zero-order valence-corrected chi connectivity index (χ0v) is 13.7. The molecule has 2 aromatic rings. The average molecular weight is 313 g/mol. The number of hydrogen-bond donors (Lipinski definition) is 0. The van der Waals surface area contributed by atoms with E-state index >= 15 is 0 Å². The first-order valence-electron chi connectivity index (χ1n) is 8.13. The summed E-state index contributed by atoms with van der Waals surface area (Å²) in [4.78, 5) is 14.5. The number of benzene rings is 1. The summed E-state index contributed by atoms with van der Waals surface area (Å²) >= 11 is 0. The number of hydrogen-bond acceptors (Lipinski definition) is 3. The summed E-state index contributed by atoms with van der Waals surface area (Å²) in [5, 5.41) is 4.30. The molecule has 1 amide bonds. The van der Waals surface area contributed by atoms with E-state index in [9.17, 15) is 4.79 Å². The molecule has 0 radical (unpaired) electrons. The lowest BCUT2D eigenvalue weighted by molar-refractivity contribution is 0.0724. The van der Waals surface area contributed by atoms with Crippen LogP contribution in [0, 0.1) is 0 Å². The van der Waals surface area contributed by atoms with Gasteiger partial charge in [0.15, 0.2) is 0 Å². The van der Waals surface area contributed by atoms with Gasteiger partial charge in [0, 0.05) is 26.2 Å². The van der Waals surface area contributed by atoms with Gasteiger partial charge in [0.2, 0.25) is 5.88 Å². The minimum Gasteiger partial charge on any atom is -0.472 e. The molecule has 0 bridgehead atoms. The lowest BCUT2D eigenvalue weighted by Crippen LogP contribution is -2.36. The van der Waals surface area contributed by atoms with Crippen molar-refractivity contribution < 1.29 is 9.53 Å². The third kappa shape index (κ3) is 3.55. The molecule has 1 aliphatic rings. The van der Waals surface area contributed by atoms with Crippen LogP contribution in [0.25, 0.3) is 0 Å². The van der Waals surface area contributed by atoms with Gasteiger partial charge in [-0.3, -0.25) is 9.48 Å². The molecule has 0 atom stereocenters. The smallest absolute Gasteiger partial charge is 0.272 e. The second kappa shape index (κ2) is 6.86. The van der Waals surface area contributed by atoms with E-state index in [1.165, 1.54) is 12.8 Å². The van der Waals surface area contributed by atoms with Gasteiger partial charge in [-0.15, -0.1) is 5.10 Å². The van der Waals surface area contributed by atoms with Crippen LogP contribution in [-0.4, -0.2) is 33.7 Å². The van der Waals surface area contributed by atoms with Crippen molar-refractivity contribution in [1.82, 2.24) is 14.7 Å². The first-order valence-corrected chi connectivity index (χ1v) is 8.13. The maximum atomic E-state index is 12.6. The van der Waals surface area contributed by atoms with Crippen LogP contribution in [0.2, 0.25) is 0 Å². The van der Waals surface area contributed by atoms with Crippen LogP contribution in [0.3, 0.4) is 0 Å². The van der Waals surface area contributed by atoms with Gasteiger partial charge in [0.05, 0.1) is 0 Å². The highest BCUT2D eigenvalue weighted by Gasteiger charge is 2.26. The number of aromatic nitrogens is 2. The summed E-state index contributed by atoms with van der Waals surface area (Å²) in [7, 11) is 3.67. The SMILES string of the molecule is CN(C(=O)c1cc(OCc2ccccc2)nn1C)C1CCCC1. The molecule has 5 heteroatoms. The fourth-order valence-electron chi connectivity index (χ4n) is 3.08. The molecule has 0 aliphatic heterocycles. The summed E-state index contributed by atoms with van der Waals surface area (Å²) in [6.07, 6.45) is 4.60. The Morgan fingerprint density at radius 1 is 1.30 bits per heavy atom. The van der Waals surface area contributed by atoms with Crippen molar-refractivity contribution in [3.05, 3.63) is 47.7 Å². The Labute approximate surface area is 136 Å². The Balaban J connectivity index is 1.66. The monoisotopic (exact) mass is 313 g/mol. The predicted molar refractivity (Wildman–Crippen MR) is 88.3 cm³/mol. The molecule has 1 aromatic carbocycles. The number of carbonyl (C=O) groups is 1. The highest BCUT2D eigenvalue weighted by atomic mass is 16.5. The van der Waals surface area contributed by atoms with E-state index in [4.69, 9.17) is 4.74 Å². The van der Waals surface area contributed by atoms with Crippen LogP contribution in [-0.2, 0) is 13.7 Å². The van der Waals surface area contributed by atoms with Gasteiger partial charge in [-0.25, -0.2) is 0 Å². The second-order valence-corrected chi connectivity index (χ2v) is 6.12. The minimum atomic E-state index is 0.0152. The molecule has 0 N–H and O–H groups in total. The Morgan fingerprint density at radius 3 is 2.70 bits per heavy atom. The van der Waals surface area contributed by atoms with E-state index in [0.29, 0.717) is 24.2 Å². The van der Waals surface area contributed by atoms with E-state index < -0.39 is 0 Å². The molecular formula is C18H23N3O2. The fraction of sp³-hybridized carbons (Fsp3) is 0.444. The normalized spacial score (nSPS) is 14.9. The number of rotatable bonds is 5. The minimum absolute atomic E-state index is 0.0152. The van der Waals surface area contributed by atoms with Gasteiger partial charge in [-0.05, 0) is 18.4 Å². The van der Waals surface area contributed by atoms with Crippen LogP contribution >= 0.6 is 0 Å². The zero-order valence-electron chi connectivity index (χ0n) is 13.7. The van der Waals surface area contributed by atoms with E-state index in [1.807, 2.05) is 42.3 Å². The average Bonchev–Trinajstić information content (AvgIpc) is 3.22. The molecule has 3 rings (SSSR count). The van der Waals surface area contributed by atoms with Gasteiger partial charge < -0.3 is 9.64 Å². The lowest BCUT2D eigenvalue weighted by atomic mass is 10.2. The summed E-state index contributed by atoms with van der Waals surface area (Å²) in [5.74, 6) is 0.501. The second-order valence-electron chi connectivity index (χ2n) is 6.12. The molecule has 1 heterocycles. The van der Waals surface area contributed by atoms with Crippen LogP contribution in [0.5, 0.6) is 5.88 Å². The molecular weight excluding hydrogens is 290 g/mol. The highest BCUT2D eigenvalue weighted by Crippen LogP contribution is 2.24. The van der Waals surface area contributed by atoms with Crippen LogP contribution in [0.4, 0.5) is 0 Å². The third-order valence-corrected chi connectivity index (χ3v) is 4.50. The molecule has 1 aliphatic carbocycles. The summed E-state index contributed by atoms with van der Waals surface area (Å²) in [6, 6.07) is 12.0. The standard InChI is InChI=1S/C18H23N3O2/c1-20(15-10-6-7-11-15)18(22)16-12-17(19-21(16)2)23-13-14-8-4-3-5-9-14/h3-5,8-9,12,15H,6-7,10-11,13H2,1-2H3. The van der Waals surface area contributed by atoms with Crippen LogP contribution < -0.4 is 4.74 Å². The van der Waals surface area contributed by atoms with Crippen molar-refractivity contribution in [1.29, 1.82) is 0 Å². The van der Waals surface area contributed by atoms with Gasteiger partial charge in [-0.2, -0.15) is 0 Å². The zero-order chi connectivity index (χ0) is 16.2. The number of carbonyl (C=O) groups excluding carboxylic acids is 1. The maximum absolute atomic E-state index is 12.6. The summed E-state index contributed by atoms with van der Waals surface area (Å²) < 4.78 is 7.31. The Bertz CT molecular complexity index is 660.